The highest BCUT2D eigenvalue weighted by Crippen LogP contribution is 2.50. The Bertz CT molecular complexity index is 1830. The maximum Gasteiger partial charge on any atom is 0.288 e. The maximum absolute atomic E-state index is 16.1. The molecular weight excluding hydrogens is 665 g/mol. The lowest BCUT2D eigenvalue weighted by atomic mass is 9.70. The van der Waals surface area contributed by atoms with Crippen LogP contribution in [0.5, 0.6) is 0 Å². The molecular formula is C35H30Cl2F2N4O5. The van der Waals surface area contributed by atoms with Crippen LogP contribution in [0.1, 0.15) is 61.4 Å². The average Bonchev–Trinajstić information content (AvgIpc) is 3.50. The minimum absolute atomic E-state index is 0.000584. The highest BCUT2D eigenvalue weighted by molar-refractivity contribution is 6.33. The maximum atomic E-state index is 16.1. The molecule has 0 spiro atoms. The molecule has 0 radical (unpaired) electrons. The Labute approximate surface area is 285 Å². The van der Waals surface area contributed by atoms with Gasteiger partial charge in [0.15, 0.2) is 11.6 Å². The van der Waals surface area contributed by atoms with E-state index in [0.717, 1.165) is 5.56 Å². The lowest BCUT2D eigenvalue weighted by Gasteiger charge is -2.42. The van der Waals surface area contributed by atoms with Gasteiger partial charge in [0.2, 0.25) is 0 Å². The van der Waals surface area contributed by atoms with Crippen LogP contribution >= 0.6 is 23.2 Å². The highest BCUT2D eigenvalue weighted by atomic mass is 35.5. The molecule has 2 atom stereocenters. The molecule has 2 fully saturated rings. The summed E-state index contributed by atoms with van der Waals surface area (Å²) in [6.45, 7) is 2.05. The van der Waals surface area contributed by atoms with Crippen LogP contribution in [0.4, 0.5) is 31.5 Å². The summed E-state index contributed by atoms with van der Waals surface area (Å²) >= 11 is 12.2. The Morgan fingerprint density at radius 1 is 0.792 bits per heavy atom. The van der Waals surface area contributed by atoms with Gasteiger partial charge in [-0.3, -0.25) is 25.0 Å². The normalized spacial score (nSPS) is 18.9. The van der Waals surface area contributed by atoms with E-state index >= 15 is 8.78 Å². The van der Waals surface area contributed by atoms with Crippen molar-refractivity contribution >= 4 is 51.7 Å². The van der Waals surface area contributed by atoms with Crippen LogP contribution < -0.4 is 9.80 Å². The molecule has 2 unspecified atom stereocenters. The van der Waals surface area contributed by atoms with E-state index in [-0.39, 0.29) is 51.7 Å². The average molecular weight is 696 g/mol. The van der Waals surface area contributed by atoms with Crippen LogP contribution in [0, 0.1) is 31.9 Å². The van der Waals surface area contributed by atoms with Crippen LogP contribution in [0.15, 0.2) is 78.9 Å². The van der Waals surface area contributed by atoms with E-state index in [9.17, 15) is 25.0 Å². The molecule has 9 nitrogen and oxygen atoms in total. The number of ketones is 1. The predicted octanol–water partition coefficient (Wildman–Crippen LogP) is 9.30. The van der Waals surface area contributed by atoms with Crippen molar-refractivity contribution < 1.29 is 23.4 Å². The zero-order valence-electron chi connectivity index (χ0n) is 25.7. The van der Waals surface area contributed by atoms with Crippen molar-refractivity contribution in [2.75, 3.05) is 22.9 Å². The number of benzene rings is 4. The second-order valence-corrected chi connectivity index (χ2v) is 13.0. The van der Waals surface area contributed by atoms with Gasteiger partial charge in [0.1, 0.15) is 21.5 Å². The molecule has 2 heterocycles. The van der Waals surface area contributed by atoms with E-state index < -0.39 is 39.0 Å². The summed E-state index contributed by atoms with van der Waals surface area (Å²) in [7, 11) is 0. The summed E-state index contributed by atoms with van der Waals surface area (Å²) in [5.74, 6) is -1.62. The van der Waals surface area contributed by atoms with Gasteiger partial charge in [0.25, 0.3) is 11.4 Å². The number of carbonyl (C=O) groups is 1. The summed E-state index contributed by atoms with van der Waals surface area (Å²) in [5.41, 5.74) is 0.465. The molecule has 13 heteroatoms. The fraction of sp³-hybridized carbons (Fsp3) is 0.286. The number of Topliss-reactive ketones (excluding diaryl/α,β-unsaturated/α-hetero) is 1. The van der Waals surface area contributed by atoms with Gasteiger partial charge < -0.3 is 9.80 Å². The van der Waals surface area contributed by atoms with Gasteiger partial charge in [-0.15, -0.1) is 0 Å². The number of nitro benzene ring substituents is 2. The molecule has 2 aliphatic rings. The summed E-state index contributed by atoms with van der Waals surface area (Å²) in [4.78, 5) is 38.4. The number of hydrogen-bond donors (Lipinski definition) is 0. The van der Waals surface area contributed by atoms with E-state index in [1.807, 2.05) is 30.3 Å². The van der Waals surface area contributed by atoms with Crippen molar-refractivity contribution in [1.82, 2.24) is 0 Å². The number of piperidine rings is 1. The molecule has 0 aliphatic carbocycles. The van der Waals surface area contributed by atoms with Crippen molar-refractivity contribution in [2.24, 2.45) is 0 Å². The van der Waals surface area contributed by atoms with Crippen molar-refractivity contribution in [3.05, 3.63) is 137 Å². The molecule has 2 aliphatic heterocycles. The summed E-state index contributed by atoms with van der Waals surface area (Å²) in [6, 6.07) is 19.5. The molecule has 4 aromatic rings. The van der Waals surface area contributed by atoms with E-state index in [1.54, 1.807) is 28.9 Å². The van der Waals surface area contributed by atoms with Crippen LogP contribution in [-0.2, 0) is 10.2 Å². The summed E-state index contributed by atoms with van der Waals surface area (Å²) in [6.07, 6.45) is 1.61. The van der Waals surface area contributed by atoms with Gasteiger partial charge >= 0.3 is 0 Å². The second kappa shape index (κ2) is 13.1. The first kappa shape index (κ1) is 33.3. The third kappa shape index (κ3) is 5.97. The Hall–Kier alpha value is -4.61. The zero-order chi connectivity index (χ0) is 34.3. The number of nitro groups is 2. The summed E-state index contributed by atoms with van der Waals surface area (Å²) < 4.78 is 32.3. The van der Waals surface area contributed by atoms with Crippen LogP contribution in [0.3, 0.4) is 0 Å². The number of anilines is 2. The molecule has 48 heavy (non-hydrogen) atoms. The highest BCUT2D eigenvalue weighted by Gasteiger charge is 2.42. The SMILES string of the molecule is CC(=O)C1(c2ccccc2)CCN(c2c(F)cc(N3C(c4ccc(Cl)c([N+](=O)[O-])c4)CCC3c3ccc(Cl)c([N+](=O)[O-])c3)cc2F)CC1. The molecule has 0 bridgehead atoms. The predicted molar refractivity (Wildman–Crippen MR) is 180 cm³/mol. The quantitative estimate of drug-likeness (QED) is 0.134. The van der Waals surface area contributed by atoms with E-state index in [1.165, 1.54) is 36.4 Å². The first-order chi connectivity index (χ1) is 22.9. The van der Waals surface area contributed by atoms with Crippen LogP contribution in [-0.4, -0.2) is 28.7 Å². The first-order valence-corrected chi connectivity index (χ1v) is 16.1. The number of carbonyl (C=O) groups excluding carboxylic acids is 1. The number of rotatable bonds is 8. The fourth-order valence-electron chi connectivity index (χ4n) is 7.30. The van der Waals surface area contributed by atoms with Crippen molar-refractivity contribution in [3.8, 4) is 0 Å². The Kier molecular flexibility index (Phi) is 9.10. The molecule has 0 N–H and O–H groups in total. The van der Waals surface area contributed by atoms with E-state index in [2.05, 4.69) is 0 Å². The topological polar surface area (TPSA) is 110 Å². The molecule has 0 amide bonds. The Balaban J connectivity index is 1.38. The van der Waals surface area contributed by atoms with Crippen LogP contribution in [0.25, 0.3) is 0 Å². The van der Waals surface area contributed by atoms with Gasteiger partial charge in [-0.1, -0.05) is 65.7 Å². The van der Waals surface area contributed by atoms with E-state index in [4.69, 9.17) is 23.2 Å². The van der Waals surface area contributed by atoms with Gasteiger partial charge in [-0.2, -0.15) is 0 Å². The lowest BCUT2D eigenvalue weighted by molar-refractivity contribution is -0.384. The standard InChI is InChI=1S/C35H30Cl2F2N4O5/c1-21(44)35(24-5-3-2-4-6-24)13-15-40(16-14-35)34-28(38)19-25(20-29(34)39)41-30(22-7-9-26(36)32(17-22)42(45)46)11-12-31(41)23-8-10-27(37)33(18-23)43(47)48/h2-10,17-20,30-31H,11-16H2,1H3. The third-order valence-corrected chi connectivity index (χ3v) is 10.4. The first-order valence-electron chi connectivity index (χ1n) is 15.4. The number of hydrogen-bond acceptors (Lipinski definition) is 7. The second-order valence-electron chi connectivity index (χ2n) is 12.2. The third-order valence-electron chi connectivity index (χ3n) is 9.72. The molecule has 6 rings (SSSR count). The smallest absolute Gasteiger partial charge is 0.288 e. The Morgan fingerprint density at radius 3 is 1.71 bits per heavy atom. The molecule has 4 aromatic carbocycles. The van der Waals surface area contributed by atoms with Crippen LogP contribution in [0.2, 0.25) is 10.0 Å². The molecule has 0 saturated carbocycles. The van der Waals surface area contributed by atoms with Gasteiger partial charge in [0.05, 0.1) is 27.3 Å². The minimum atomic E-state index is -0.811. The van der Waals surface area contributed by atoms with E-state index in [0.29, 0.717) is 36.8 Å². The Morgan fingerprint density at radius 2 is 1.27 bits per heavy atom. The lowest BCUT2D eigenvalue weighted by Crippen LogP contribution is -2.47. The minimum Gasteiger partial charge on any atom is -0.367 e. The molecule has 0 aromatic heterocycles. The van der Waals surface area contributed by atoms with Gasteiger partial charge in [-0.05, 0) is 73.6 Å². The largest absolute Gasteiger partial charge is 0.367 e. The fourth-order valence-corrected chi connectivity index (χ4v) is 7.67. The van der Waals surface area contributed by atoms with Crippen molar-refractivity contribution in [3.63, 3.8) is 0 Å². The van der Waals surface area contributed by atoms with Gasteiger partial charge in [-0.25, -0.2) is 8.78 Å². The number of nitrogens with zero attached hydrogens (tertiary/aromatic N) is 4. The number of halogens is 4. The van der Waals surface area contributed by atoms with Crippen molar-refractivity contribution in [1.29, 1.82) is 0 Å². The molecule has 2 saturated heterocycles. The summed E-state index contributed by atoms with van der Waals surface area (Å²) in [5, 5.41) is 23.3. The van der Waals surface area contributed by atoms with Gasteiger partial charge in [0, 0.05) is 30.9 Å². The zero-order valence-corrected chi connectivity index (χ0v) is 27.3. The monoisotopic (exact) mass is 694 g/mol. The van der Waals surface area contributed by atoms with Crippen molar-refractivity contribution in [2.45, 2.75) is 50.1 Å². The molecule has 248 valence electrons.